The summed E-state index contributed by atoms with van der Waals surface area (Å²) in [4.78, 5) is 31.3. The van der Waals surface area contributed by atoms with E-state index in [1.165, 1.54) is 0 Å². The molecule has 1 rings (SSSR count). The molecule has 3 N–H and O–H groups in total. The molecular weight excluding hydrogens is 342 g/mol. The molecule has 0 saturated carbocycles. The van der Waals surface area contributed by atoms with E-state index in [1.807, 2.05) is 13.8 Å². The van der Waals surface area contributed by atoms with Crippen molar-refractivity contribution < 1.29 is 19.5 Å². The molecule has 0 saturated heterocycles. The lowest BCUT2D eigenvalue weighted by atomic mass is 9.76. The van der Waals surface area contributed by atoms with Gasteiger partial charge in [-0.15, -0.1) is 0 Å². The number of hydrogen-bond acceptors (Lipinski definition) is 5. The molecule has 5 nitrogen and oxygen atoms in total. The predicted molar refractivity (Wildman–Crippen MR) is 108 cm³/mol. The van der Waals surface area contributed by atoms with Crippen LogP contribution in [0.3, 0.4) is 0 Å². The van der Waals surface area contributed by atoms with Crippen LogP contribution < -0.4 is 5.90 Å². The van der Waals surface area contributed by atoms with Crippen LogP contribution in [0, 0.1) is 23.7 Å². The molecule has 0 fully saturated rings. The molecule has 0 aliphatic heterocycles. The van der Waals surface area contributed by atoms with Crippen molar-refractivity contribution in [2.24, 2.45) is 29.6 Å². The van der Waals surface area contributed by atoms with E-state index < -0.39 is 17.6 Å². The van der Waals surface area contributed by atoms with E-state index in [2.05, 4.69) is 27.7 Å². The van der Waals surface area contributed by atoms with Crippen LogP contribution in [0.25, 0.3) is 0 Å². The van der Waals surface area contributed by atoms with Gasteiger partial charge in [0.15, 0.2) is 11.6 Å². The molecule has 0 spiro atoms. The standard InChI is InChI=1S/C22H39NO4/c1-8-15(6)20(24)19-16(7)22(26,18(27-23)12-10-14(4)5)17(21(19)25)11-9-13(2)3/h13-15,17-18,26H,8-12,23H2,1-7H3/t15?,17?,18-,22+/m0/s1. The maximum Gasteiger partial charge on any atom is 0.172 e. The highest BCUT2D eigenvalue weighted by Gasteiger charge is 2.56. The van der Waals surface area contributed by atoms with Gasteiger partial charge in [0.2, 0.25) is 0 Å². The van der Waals surface area contributed by atoms with Crippen molar-refractivity contribution in [3.63, 3.8) is 0 Å². The third-order valence-electron chi connectivity index (χ3n) is 6.07. The SMILES string of the molecule is CCC(C)C(=O)C1=C(C)[C@](O)([C@H](CCC(C)C)ON)C(CCC(C)C)C1=O. The summed E-state index contributed by atoms with van der Waals surface area (Å²) < 4.78 is 0. The number of hydrogen-bond donors (Lipinski definition) is 2. The number of ketones is 2. The van der Waals surface area contributed by atoms with Crippen LogP contribution in [0.1, 0.15) is 80.6 Å². The fourth-order valence-corrected chi connectivity index (χ4v) is 3.95. The zero-order chi connectivity index (χ0) is 20.9. The molecule has 0 aromatic carbocycles. The molecule has 0 amide bonds. The number of allylic oxidation sites excluding steroid dienone is 1. The molecule has 156 valence electrons. The van der Waals surface area contributed by atoms with Crippen molar-refractivity contribution >= 4 is 11.6 Å². The van der Waals surface area contributed by atoms with E-state index in [-0.39, 0.29) is 23.1 Å². The number of rotatable bonds is 11. The number of carbonyl (C=O) groups is 2. The number of aliphatic hydroxyl groups is 1. The fourth-order valence-electron chi connectivity index (χ4n) is 3.95. The zero-order valence-electron chi connectivity index (χ0n) is 18.2. The Bertz CT molecular complexity index is 567. The van der Waals surface area contributed by atoms with E-state index >= 15 is 0 Å². The molecule has 27 heavy (non-hydrogen) atoms. The van der Waals surface area contributed by atoms with E-state index in [0.29, 0.717) is 36.7 Å². The first-order valence-corrected chi connectivity index (χ1v) is 10.4. The second-order valence-electron chi connectivity index (χ2n) is 8.98. The predicted octanol–water partition coefficient (Wildman–Crippen LogP) is 3.98. The highest BCUT2D eigenvalue weighted by Crippen LogP contribution is 2.46. The van der Waals surface area contributed by atoms with Crippen LogP contribution in [-0.2, 0) is 14.4 Å². The molecule has 1 aliphatic rings. The summed E-state index contributed by atoms with van der Waals surface area (Å²) in [6.07, 6.45) is 2.61. The Morgan fingerprint density at radius 1 is 1.15 bits per heavy atom. The van der Waals surface area contributed by atoms with Gasteiger partial charge in [-0.3, -0.25) is 14.4 Å². The normalized spacial score (nSPS) is 25.6. The molecule has 0 aromatic heterocycles. The van der Waals surface area contributed by atoms with Gasteiger partial charge in [-0.05, 0) is 50.0 Å². The minimum Gasteiger partial charge on any atom is -0.382 e. The van der Waals surface area contributed by atoms with Gasteiger partial charge in [-0.2, -0.15) is 0 Å². The average molecular weight is 382 g/mol. The Morgan fingerprint density at radius 3 is 2.15 bits per heavy atom. The second-order valence-corrected chi connectivity index (χ2v) is 8.98. The molecule has 2 unspecified atom stereocenters. The fraction of sp³-hybridized carbons (Fsp3) is 0.818. The van der Waals surface area contributed by atoms with Gasteiger partial charge < -0.3 is 5.11 Å². The van der Waals surface area contributed by atoms with Crippen LogP contribution >= 0.6 is 0 Å². The second kappa shape index (κ2) is 9.94. The molecule has 1 aliphatic carbocycles. The first-order valence-electron chi connectivity index (χ1n) is 10.4. The topological polar surface area (TPSA) is 89.6 Å². The first kappa shape index (κ1) is 24.0. The Labute approximate surface area is 164 Å². The summed E-state index contributed by atoms with van der Waals surface area (Å²) in [6, 6.07) is 0. The van der Waals surface area contributed by atoms with Gasteiger partial charge in [-0.1, -0.05) is 48.0 Å². The van der Waals surface area contributed by atoms with Crippen LogP contribution in [0.4, 0.5) is 0 Å². The third kappa shape index (κ3) is 5.07. The maximum atomic E-state index is 13.2. The van der Waals surface area contributed by atoms with Gasteiger partial charge in [0.25, 0.3) is 0 Å². The van der Waals surface area contributed by atoms with Gasteiger partial charge in [0, 0.05) is 5.92 Å². The van der Waals surface area contributed by atoms with E-state index in [9.17, 15) is 14.7 Å². The van der Waals surface area contributed by atoms with Gasteiger partial charge in [-0.25, -0.2) is 5.90 Å². The summed E-state index contributed by atoms with van der Waals surface area (Å²) in [5.41, 5.74) is -0.911. The lowest BCUT2D eigenvalue weighted by Gasteiger charge is -2.37. The van der Waals surface area contributed by atoms with Crippen LogP contribution in [0.2, 0.25) is 0 Å². The molecule has 5 heteroatoms. The van der Waals surface area contributed by atoms with Gasteiger partial charge >= 0.3 is 0 Å². The summed E-state index contributed by atoms with van der Waals surface area (Å²) in [6.45, 7) is 13.8. The van der Waals surface area contributed by atoms with Crippen LogP contribution in [0.5, 0.6) is 0 Å². The molecule has 0 aromatic rings. The van der Waals surface area contributed by atoms with Gasteiger partial charge in [0.1, 0.15) is 11.7 Å². The van der Waals surface area contributed by atoms with E-state index in [0.717, 1.165) is 12.8 Å². The molecule has 0 bridgehead atoms. The number of Topliss-reactive ketones (excluding diaryl/α,β-unsaturated/α-hetero) is 2. The highest BCUT2D eigenvalue weighted by atomic mass is 16.6. The smallest absolute Gasteiger partial charge is 0.172 e. The summed E-state index contributed by atoms with van der Waals surface area (Å²) in [5, 5.41) is 11.7. The van der Waals surface area contributed by atoms with E-state index in [4.69, 9.17) is 10.7 Å². The average Bonchev–Trinajstić information content (AvgIpc) is 2.78. The van der Waals surface area contributed by atoms with Crippen molar-refractivity contribution in [2.45, 2.75) is 92.3 Å². The maximum absolute atomic E-state index is 13.2. The molecule has 0 radical (unpaired) electrons. The summed E-state index contributed by atoms with van der Waals surface area (Å²) in [5.74, 6) is 5.04. The minimum atomic E-state index is -1.52. The monoisotopic (exact) mass is 381 g/mol. The van der Waals surface area contributed by atoms with Gasteiger partial charge in [0.05, 0.1) is 11.5 Å². The first-order chi connectivity index (χ1) is 12.5. The number of carbonyl (C=O) groups excluding carboxylic acids is 2. The lowest BCUT2D eigenvalue weighted by molar-refractivity contribution is -0.141. The Morgan fingerprint density at radius 2 is 1.70 bits per heavy atom. The molecular formula is C22H39NO4. The van der Waals surface area contributed by atoms with Crippen molar-refractivity contribution in [2.75, 3.05) is 0 Å². The minimum absolute atomic E-state index is 0.173. The van der Waals surface area contributed by atoms with E-state index in [1.54, 1.807) is 6.92 Å². The van der Waals surface area contributed by atoms with Crippen molar-refractivity contribution in [1.82, 2.24) is 0 Å². The Balaban J connectivity index is 3.38. The highest BCUT2D eigenvalue weighted by molar-refractivity contribution is 6.24. The van der Waals surface area contributed by atoms with Crippen LogP contribution in [-0.4, -0.2) is 28.4 Å². The lowest BCUT2D eigenvalue weighted by Crippen LogP contribution is -2.51. The number of nitrogens with two attached hydrogens (primary N) is 1. The Hall–Kier alpha value is -1.04. The molecule has 0 heterocycles. The van der Waals surface area contributed by atoms with Crippen molar-refractivity contribution in [3.05, 3.63) is 11.1 Å². The zero-order valence-corrected chi connectivity index (χ0v) is 18.2. The quantitative estimate of drug-likeness (QED) is 0.417. The van der Waals surface area contributed by atoms with Crippen molar-refractivity contribution in [3.8, 4) is 0 Å². The Kier molecular flexibility index (Phi) is 8.84. The summed E-state index contributed by atoms with van der Waals surface area (Å²) >= 11 is 0. The molecule has 4 atom stereocenters. The largest absolute Gasteiger partial charge is 0.382 e. The third-order valence-corrected chi connectivity index (χ3v) is 6.07. The van der Waals surface area contributed by atoms with Crippen molar-refractivity contribution in [1.29, 1.82) is 0 Å². The summed E-state index contributed by atoms with van der Waals surface area (Å²) in [7, 11) is 0. The van der Waals surface area contributed by atoms with Crippen LogP contribution in [0.15, 0.2) is 11.1 Å².